The molecule has 0 aromatic heterocycles. The minimum atomic E-state index is -0.0218. The first kappa shape index (κ1) is 18.9. The van der Waals surface area contributed by atoms with Crippen LogP contribution in [0.15, 0.2) is 18.2 Å². The minimum Gasteiger partial charge on any atom is -0.342 e. The highest BCUT2D eigenvalue weighted by atomic mass is 35.5. The first-order valence-corrected chi connectivity index (χ1v) is 8.55. The third-order valence-corrected chi connectivity index (χ3v) is 5.95. The van der Waals surface area contributed by atoms with Gasteiger partial charge < -0.3 is 10.6 Å². The van der Waals surface area contributed by atoms with Gasteiger partial charge in [0.2, 0.25) is 5.91 Å². The average molecular weight is 378 g/mol. The van der Waals surface area contributed by atoms with Crippen LogP contribution in [0.3, 0.4) is 0 Å². The summed E-state index contributed by atoms with van der Waals surface area (Å²) in [5.74, 6) is 0.486. The molecule has 23 heavy (non-hydrogen) atoms. The van der Waals surface area contributed by atoms with Crippen LogP contribution in [0.5, 0.6) is 0 Å². The standard InChI is InChI=1S/C17H22Cl2N2O.ClH/c1-17(2)9-21(7-6-14(17)20)16(22)12-8-11(12)10-4-3-5-13(18)15(10)19;/h3-5,11-12,14H,6-9,20H2,1-2H3;1H. The Morgan fingerprint density at radius 3 is 2.70 bits per heavy atom. The van der Waals surface area contributed by atoms with Gasteiger partial charge in [0.05, 0.1) is 10.0 Å². The van der Waals surface area contributed by atoms with Crippen molar-refractivity contribution in [2.24, 2.45) is 17.1 Å². The van der Waals surface area contributed by atoms with Gasteiger partial charge >= 0.3 is 0 Å². The fourth-order valence-corrected chi connectivity index (χ4v) is 3.86. The second-order valence-electron chi connectivity index (χ2n) is 7.24. The van der Waals surface area contributed by atoms with E-state index in [1.165, 1.54) is 0 Å². The molecule has 2 aliphatic rings. The molecule has 1 saturated heterocycles. The molecule has 2 N–H and O–H groups in total. The number of hydrogen-bond acceptors (Lipinski definition) is 2. The predicted octanol–water partition coefficient (Wildman–Crippen LogP) is 4.10. The summed E-state index contributed by atoms with van der Waals surface area (Å²) in [6.07, 6.45) is 1.73. The van der Waals surface area contributed by atoms with Gasteiger partial charge in [-0.3, -0.25) is 4.79 Å². The molecule has 1 saturated carbocycles. The van der Waals surface area contributed by atoms with Crippen molar-refractivity contribution in [3.8, 4) is 0 Å². The molecule has 1 aliphatic heterocycles. The van der Waals surface area contributed by atoms with Gasteiger partial charge in [0.25, 0.3) is 0 Å². The van der Waals surface area contributed by atoms with Gasteiger partial charge in [-0.05, 0) is 35.8 Å². The first-order valence-electron chi connectivity index (χ1n) is 7.79. The predicted molar refractivity (Wildman–Crippen MR) is 97.5 cm³/mol. The molecule has 0 radical (unpaired) electrons. The summed E-state index contributed by atoms with van der Waals surface area (Å²) in [7, 11) is 0. The molecule has 6 heteroatoms. The van der Waals surface area contributed by atoms with Crippen molar-refractivity contribution in [2.45, 2.75) is 38.6 Å². The van der Waals surface area contributed by atoms with E-state index >= 15 is 0 Å². The highest BCUT2D eigenvalue weighted by molar-refractivity contribution is 6.42. The van der Waals surface area contributed by atoms with Crippen molar-refractivity contribution in [1.82, 2.24) is 4.90 Å². The summed E-state index contributed by atoms with van der Waals surface area (Å²) in [5.41, 5.74) is 7.13. The third kappa shape index (κ3) is 3.63. The smallest absolute Gasteiger partial charge is 0.226 e. The molecule has 0 spiro atoms. The molecule has 3 rings (SSSR count). The molecule has 1 aromatic carbocycles. The summed E-state index contributed by atoms with van der Waals surface area (Å²) < 4.78 is 0. The second kappa shape index (κ2) is 6.79. The lowest BCUT2D eigenvalue weighted by atomic mass is 9.79. The fourth-order valence-electron chi connectivity index (χ4n) is 3.41. The van der Waals surface area contributed by atoms with E-state index in [9.17, 15) is 4.79 Å². The average Bonchev–Trinajstić information content (AvgIpc) is 3.24. The molecule has 1 aliphatic carbocycles. The van der Waals surface area contributed by atoms with Crippen LogP contribution in [-0.4, -0.2) is 29.9 Å². The maximum absolute atomic E-state index is 12.7. The summed E-state index contributed by atoms with van der Waals surface area (Å²) >= 11 is 12.3. The quantitative estimate of drug-likeness (QED) is 0.843. The molecular formula is C17H23Cl3N2O. The Balaban J connectivity index is 0.00000192. The van der Waals surface area contributed by atoms with E-state index in [1.807, 2.05) is 17.0 Å². The Kier molecular flexibility index (Phi) is 5.57. The number of hydrogen-bond donors (Lipinski definition) is 1. The van der Waals surface area contributed by atoms with Crippen LogP contribution in [0.25, 0.3) is 0 Å². The Bertz CT molecular complexity index is 606. The molecule has 1 heterocycles. The Morgan fingerprint density at radius 1 is 1.35 bits per heavy atom. The van der Waals surface area contributed by atoms with Crippen LogP contribution in [0.1, 0.15) is 38.2 Å². The van der Waals surface area contributed by atoms with Gasteiger partial charge in [-0.15, -0.1) is 12.4 Å². The maximum Gasteiger partial charge on any atom is 0.226 e. The van der Waals surface area contributed by atoms with Crippen molar-refractivity contribution in [3.05, 3.63) is 33.8 Å². The third-order valence-electron chi connectivity index (χ3n) is 5.11. The lowest BCUT2D eigenvalue weighted by molar-refractivity contribution is -0.136. The van der Waals surface area contributed by atoms with Crippen LogP contribution in [0, 0.1) is 11.3 Å². The molecule has 1 amide bonds. The van der Waals surface area contributed by atoms with Crippen molar-refractivity contribution in [3.63, 3.8) is 0 Å². The topological polar surface area (TPSA) is 46.3 Å². The van der Waals surface area contributed by atoms with Crippen LogP contribution in [0.4, 0.5) is 0 Å². The summed E-state index contributed by atoms with van der Waals surface area (Å²) in [5, 5.41) is 1.15. The van der Waals surface area contributed by atoms with Crippen molar-refractivity contribution >= 4 is 41.5 Å². The van der Waals surface area contributed by atoms with E-state index in [4.69, 9.17) is 28.9 Å². The number of halogens is 3. The van der Waals surface area contributed by atoms with Crippen molar-refractivity contribution in [1.29, 1.82) is 0 Å². The van der Waals surface area contributed by atoms with E-state index in [2.05, 4.69) is 13.8 Å². The zero-order valence-electron chi connectivity index (χ0n) is 13.4. The number of amides is 1. The minimum absolute atomic E-state index is 0. The second-order valence-corrected chi connectivity index (χ2v) is 8.02. The van der Waals surface area contributed by atoms with Gasteiger partial charge in [0.1, 0.15) is 0 Å². The van der Waals surface area contributed by atoms with Crippen LogP contribution in [0.2, 0.25) is 10.0 Å². The normalized spacial score (nSPS) is 28.9. The van der Waals surface area contributed by atoms with Gasteiger partial charge in [-0.1, -0.05) is 49.2 Å². The van der Waals surface area contributed by atoms with E-state index in [0.29, 0.717) is 10.0 Å². The van der Waals surface area contributed by atoms with E-state index < -0.39 is 0 Å². The maximum atomic E-state index is 12.7. The lowest BCUT2D eigenvalue weighted by Crippen LogP contribution is -2.54. The van der Waals surface area contributed by atoms with Crippen LogP contribution < -0.4 is 5.73 Å². The zero-order valence-corrected chi connectivity index (χ0v) is 15.7. The first-order chi connectivity index (χ1) is 10.3. The van der Waals surface area contributed by atoms with E-state index in [0.717, 1.165) is 31.5 Å². The largest absolute Gasteiger partial charge is 0.342 e. The van der Waals surface area contributed by atoms with Crippen LogP contribution in [-0.2, 0) is 4.79 Å². The highest BCUT2D eigenvalue weighted by Crippen LogP contribution is 2.51. The van der Waals surface area contributed by atoms with E-state index in [-0.39, 0.29) is 41.6 Å². The fraction of sp³-hybridized carbons (Fsp3) is 0.588. The van der Waals surface area contributed by atoms with Crippen molar-refractivity contribution < 1.29 is 4.79 Å². The van der Waals surface area contributed by atoms with Gasteiger partial charge in [-0.25, -0.2) is 0 Å². The molecule has 3 nitrogen and oxygen atoms in total. The van der Waals surface area contributed by atoms with Crippen molar-refractivity contribution in [2.75, 3.05) is 13.1 Å². The number of benzene rings is 1. The molecule has 0 bridgehead atoms. The SMILES string of the molecule is CC1(C)CN(C(=O)C2CC2c2cccc(Cl)c2Cl)CCC1N.Cl. The van der Waals surface area contributed by atoms with Gasteiger partial charge in [-0.2, -0.15) is 0 Å². The summed E-state index contributed by atoms with van der Waals surface area (Å²) in [6, 6.07) is 5.81. The Morgan fingerprint density at radius 2 is 2.04 bits per heavy atom. The molecule has 1 aromatic rings. The Hall–Kier alpha value is -0.480. The zero-order chi connectivity index (χ0) is 16.1. The lowest BCUT2D eigenvalue weighted by Gasteiger charge is -2.42. The number of nitrogens with zero attached hydrogens (tertiary/aromatic N) is 1. The molecule has 128 valence electrons. The van der Waals surface area contributed by atoms with E-state index in [1.54, 1.807) is 6.07 Å². The Labute approximate surface area is 153 Å². The number of carbonyl (C=O) groups excluding carboxylic acids is 1. The number of rotatable bonds is 2. The summed E-state index contributed by atoms with van der Waals surface area (Å²) in [6.45, 7) is 5.76. The molecular weight excluding hydrogens is 355 g/mol. The molecule has 3 unspecified atom stereocenters. The number of piperidine rings is 1. The highest BCUT2D eigenvalue weighted by Gasteiger charge is 2.48. The monoisotopic (exact) mass is 376 g/mol. The van der Waals surface area contributed by atoms with Gasteiger partial charge in [0, 0.05) is 25.0 Å². The molecule has 2 fully saturated rings. The van der Waals surface area contributed by atoms with Gasteiger partial charge in [0.15, 0.2) is 0 Å². The number of nitrogens with two attached hydrogens (primary N) is 1. The summed E-state index contributed by atoms with van der Waals surface area (Å²) in [4.78, 5) is 14.7. The number of likely N-dealkylation sites (tertiary alicyclic amines) is 1. The molecule has 3 atom stereocenters. The van der Waals surface area contributed by atoms with Crippen LogP contribution >= 0.6 is 35.6 Å². The number of carbonyl (C=O) groups is 1.